The fourth-order valence-corrected chi connectivity index (χ4v) is 3.82. The number of H-pyrrole nitrogens is 2. The maximum atomic E-state index is 5.54. The molecule has 160 valence electrons. The van der Waals surface area contributed by atoms with Gasteiger partial charge in [0.25, 0.3) is 0 Å². The van der Waals surface area contributed by atoms with Crippen LogP contribution < -0.4 is 4.74 Å². The molecule has 0 unspecified atom stereocenters. The summed E-state index contributed by atoms with van der Waals surface area (Å²) in [6, 6.07) is 6.08. The van der Waals surface area contributed by atoms with Crippen molar-refractivity contribution < 1.29 is 4.74 Å². The minimum atomic E-state index is 0.770. The average molecular weight is 406 g/mol. The molecule has 2 N–H and O–H groups in total. The maximum absolute atomic E-state index is 5.54. The largest absolute Gasteiger partial charge is 0.495 e. The van der Waals surface area contributed by atoms with Gasteiger partial charge in [0.2, 0.25) is 0 Å². The van der Waals surface area contributed by atoms with Crippen LogP contribution in [0.4, 0.5) is 0 Å². The Bertz CT molecular complexity index is 868. The number of ether oxygens (including phenoxy) is 1. The lowest BCUT2D eigenvalue weighted by molar-refractivity contribution is 0.411. The van der Waals surface area contributed by atoms with Crippen LogP contribution in [0, 0.1) is 0 Å². The number of nitrogens with zero attached hydrogens (tertiary/aromatic N) is 1. The fraction of sp³-hybridized carbons (Fsp3) is 0.423. The van der Waals surface area contributed by atoms with Crippen LogP contribution in [0.25, 0.3) is 11.4 Å². The molecular formula is C26H35N3O. The third-order valence-electron chi connectivity index (χ3n) is 5.54. The van der Waals surface area contributed by atoms with Crippen LogP contribution >= 0.6 is 0 Å². The highest BCUT2D eigenvalue weighted by Crippen LogP contribution is 2.27. The molecule has 0 atom stereocenters. The number of unbranched alkanes of at least 4 members (excludes halogenated alkanes) is 7. The van der Waals surface area contributed by atoms with Crippen LogP contribution in [0.1, 0.15) is 63.5 Å². The first-order valence-electron chi connectivity index (χ1n) is 11.3. The Morgan fingerprint density at radius 2 is 1.83 bits per heavy atom. The number of aromatic nitrogens is 2. The fourth-order valence-electron chi connectivity index (χ4n) is 3.82. The van der Waals surface area contributed by atoms with E-state index >= 15 is 0 Å². The smallest absolute Gasteiger partial charge is 0.140 e. The maximum Gasteiger partial charge on any atom is 0.140 e. The molecule has 0 amide bonds. The predicted octanol–water partition coefficient (Wildman–Crippen LogP) is 7.15. The molecule has 0 bridgehead atoms. The molecule has 0 radical (unpaired) electrons. The third kappa shape index (κ3) is 6.65. The molecule has 0 saturated heterocycles. The molecule has 2 aromatic rings. The standard InChI is InChI=1S/C26H35N3O/c1-3-4-5-6-7-8-9-10-11-13-21-15-16-22(28-21)17-18-24-26(30-2)20-25(29-24)23-14-12-19-27-23/h3,12,14-17,19-20,27,29H,1,4-11,13,18H2,2H3. The van der Waals surface area contributed by atoms with E-state index in [1.165, 1.54) is 50.7 Å². The van der Waals surface area contributed by atoms with Gasteiger partial charge in [-0.1, -0.05) is 44.3 Å². The van der Waals surface area contributed by atoms with Gasteiger partial charge in [0.15, 0.2) is 0 Å². The van der Waals surface area contributed by atoms with Crippen molar-refractivity contribution in [2.75, 3.05) is 7.11 Å². The van der Waals surface area contributed by atoms with Crippen LogP contribution in [-0.2, 0) is 6.42 Å². The second kappa shape index (κ2) is 12.1. The van der Waals surface area contributed by atoms with Gasteiger partial charge < -0.3 is 14.7 Å². The van der Waals surface area contributed by atoms with Crippen molar-refractivity contribution in [1.29, 1.82) is 0 Å². The summed E-state index contributed by atoms with van der Waals surface area (Å²) in [5, 5.41) is 0. The number of rotatable bonds is 14. The molecule has 0 spiro atoms. The van der Waals surface area contributed by atoms with E-state index in [-0.39, 0.29) is 0 Å². The molecule has 30 heavy (non-hydrogen) atoms. The molecule has 4 nitrogen and oxygen atoms in total. The van der Waals surface area contributed by atoms with Crippen LogP contribution in [0.15, 0.2) is 66.0 Å². The predicted molar refractivity (Wildman–Crippen MR) is 127 cm³/mol. The number of methoxy groups -OCH3 is 1. The van der Waals surface area contributed by atoms with Crippen molar-refractivity contribution in [2.45, 2.75) is 64.2 Å². The summed E-state index contributed by atoms with van der Waals surface area (Å²) in [4.78, 5) is 11.5. The van der Waals surface area contributed by atoms with Gasteiger partial charge in [-0.05, 0) is 50.0 Å². The summed E-state index contributed by atoms with van der Waals surface area (Å²) < 4.78 is 5.54. The van der Waals surface area contributed by atoms with Crippen LogP contribution in [0.2, 0.25) is 0 Å². The number of nitrogens with one attached hydrogen (secondary N) is 2. The van der Waals surface area contributed by atoms with E-state index in [2.05, 4.69) is 34.8 Å². The first kappa shape index (κ1) is 21.9. The Balaban J connectivity index is 1.40. The first-order valence-corrected chi connectivity index (χ1v) is 11.3. The van der Waals surface area contributed by atoms with Gasteiger partial charge >= 0.3 is 0 Å². The number of aliphatic imine (C=N–C) groups is 1. The van der Waals surface area contributed by atoms with E-state index in [1.54, 1.807) is 7.11 Å². The van der Waals surface area contributed by atoms with Gasteiger partial charge in [0.1, 0.15) is 5.75 Å². The summed E-state index contributed by atoms with van der Waals surface area (Å²) in [7, 11) is 1.71. The van der Waals surface area contributed by atoms with Gasteiger partial charge in [0, 0.05) is 24.4 Å². The molecule has 1 aliphatic heterocycles. The topological polar surface area (TPSA) is 53.2 Å². The highest BCUT2D eigenvalue weighted by atomic mass is 16.5. The van der Waals surface area contributed by atoms with E-state index in [0.717, 1.165) is 47.8 Å². The zero-order chi connectivity index (χ0) is 21.0. The van der Waals surface area contributed by atoms with E-state index < -0.39 is 0 Å². The van der Waals surface area contributed by atoms with Crippen molar-refractivity contribution in [1.82, 2.24) is 9.97 Å². The number of hydrogen-bond donors (Lipinski definition) is 2. The molecule has 3 rings (SSSR count). The molecule has 0 aliphatic carbocycles. The molecule has 1 aliphatic rings. The summed E-state index contributed by atoms with van der Waals surface area (Å²) in [5.41, 5.74) is 5.42. The normalized spacial score (nSPS) is 14.4. The number of hydrogen-bond acceptors (Lipinski definition) is 2. The van der Waals surface area contributed by atoms with Crippen molar-refractivity contribution in [3.8, 4) is 17.1 Å². The van der Waals surface area contributed by atoms with Gasteiger partial charge in [0.05, 0.1) is 29.9 Å². The summed E-state index contributed by atoms with van der Waals surface area (Å²) in [5.74, 6) is 0.882. The zero-order valence-electron chi connectivity index (χ0n) is 18.3. The monoisotopic (exact) mass is 405 g/mol. The van der Waals surface area contributed by atoms with E-state index in [0.29, 0.717) is 0 Å². The minimum Gasteiger partial charge on any atom is -0.495 e. The van der Waals surface area contributed by atoms with Crippen molar-refractivity contribution in [3.63, 3.8) is 0 Å². The Morgan fingerprint density at radius 3 is 2.57 bits per heavy atom. The van der Waals surface area contributed by atoms with Crippen molar-refractivity contribution >= 4 is 5.71 Å². The molecule has 4 heteroatoms. The van der Waals surface area contributed by atoms with E-state index in [1.807, 2.05) is 30.5 Å². The summed E-state index contributed by atoms with van der Waals surface area (Å²) in [6.45, 7) is 3.78. The highest BCUT2D eigenvalue weighted by Gasteiger charge is 2.11. The number of allylic oxidation sites excluding steroid dienone is 4. The second-order valence-corrected chi connectivity index (χ2v) is 7.89. The van der Waals surface area contributed by atoms with Gasteiger partial charge in [-0.25, -0.2) is 0 Å². The average Bonchev–Trinajstić information content (AvgIpc) is 3.51. The molecule has 3 heterocycles. The van der Waals surface area contributed by atoms with Crippen LogP contribution in [0.5, 0.6) is 5.75 Å². The third-order valence-corrected chi connectivity index (χ3v) is 5.54. The van der Waals surface area contributed by atoms with Crippen molar-refractivity contribution in [2.24, 2.45) is 4.99 Å². The summed E-state index contributed by atoms with van der Waals surface area (Å²) in [6.07, 6.45) is 22.6. The van der Waals surface area contributed by atoms with Crippen LogP contribution in [0.3, 0.4) is 0 Å². The Kier molecular flexibility index (Phi) is 8.82. The Morgan fingerprint density at radius 1 is 1.03 bits per heavy atom. The molecular weight excluding hydrogens is 370 g/mol. The van der Waals surface area contributed by atoms with Gasteiger partial charge in [-0.3, -0.25) is 4.99 Å². The number of aromatic amines is 2. The van der Waals surface area contributed by atoms with E-state index in [9.17, 15) is 0 Å². The SMILES string of the molecule is C=CCCCCCCCCCC1=NC(=CCc2[nH]c(-c3ccc[nH]3)cc2OC)C=C1. The molecule has 0 aromatic carbocycles. The molecule has 0 saturated carbocycles. The lowest BCUT2D eigenvalue weighted by Gasteiger charge is -2.01. The lowest BCUT2D eigenvalue weighted by atomic mass is 10.1. The quantitative estimate of drug-likeness (QED) is 0.254. The van der Waals surface area contributed by atoms with Crippen LogP contribution in [-0.4, -0.2) is 22.8 Å². The highest BCUT2D eigenvalue weighted by molar-refractivity contribution is 5.98. The van der Waals surface area contributed by atoms with Gasteiger partial charge in [-0.15, -0.1) is 6.58 Å². The summed E-state index contributed by atoms with van der Waals surface area (Å²) >= 11 is 0. The second-order valence-electron chi connectivity index (χ2n) is 7.89. The lowest BCUT2D eigenvalue weighted by Crippen LogP contribution is -1.91. The Hall–Kier alpha value is -2.75. The Labute approximate surface area is 180 Å². The minimum absolute atomic E-state index is 0.770. The molecule has 0 fully saturated rings. The molecule has 2 aromatic heterocycles. The van der Waals surface area contributed by atoms with Gasteiger partial charge in [-0.2, -0.15) is 0 Å². The first-order chi connectivity index (χ1) is 14.8. The van der Waals surface area contributed by atoms with Crippen molar-refractivity contribution in [3.05, 3.63) is 66.7 Å². The zero-order valence-corrected chi connectivity index (χ0v) is 18.3. The van der Waals surface area contributed by atoms with E-state index in [4.69, 9.17) is 9.73 Å².